The molecule has 0 bridgehead atoms. The summed E-state index contributed by atoms with van der Waals surface area (Å²) in [5.41, 5.74) is 0. The van der Waals surface area contributed by atoms with Gasteiger partial charge in [0.1, 0.15) is 16.8 Å². The molecule has 0 aliphatic carbocycles. The molecule has 1 aromatic rings. The van der Waals surface area contributed by atoms with Crippen molar-refractivity contribution in [3.05, 3.63) is 23.7 Å². The Morgan fingerprint density at radius 3 is 2.45 bits per heavy atom. The summed E-state index contributed by atoms with van der Waals surface area (Å²) in [5.74, 6) is 1.21. The average Bonchev–Trinajstić information content (AvgIpc) is 2.78. The molecule has 0 spiro atoms. The molecule has 1 amide bonds. The second-order valence-corrected chi connectivity index (χ2v) is 7.25. The molecule has 0 aliphatic heterocycles. The van der Waals surface area contributed by atoms with Crippen molar-refractivity contribution < 1.29 is 17.6 Å². The molecule has 114 valence electrons. The van der Waals surface area contributed by atoms with E-state index in [2.05, 4.69) is 10.6 Å². The van der Waals surface area contributed by atoms with Crippen LogP contribution >= 0.6 is 0 Å². The van der Waals surface area contributed by atoms with Gasteiger partial charge in [-0.25, -0.2) is 8.42 Å². The highest BCUT2D eigenvalue weighted by Gasteiger charge is 2.22. The van der Waals surface area contributed by atoms with Crippen LogP contribution in [0.2, 0.25) is 0 Å². The lowest BCUT2D eigenvalue weighted by Gasteiger charge is -2.13. The van der Waals surface area contributed by atoms with Gasteiger partial charge in [0, 0.05) is 19.3 Å². The zero-order valence-electron chi connectivity index (χ0n) is 12.3. The number of carbonyl (C=O) groups is 1. The van der Waals surface area contributed by atoms with Gasteiger partial charge in [-0.2, -0.15) is 0 Å². The minimum absolute atomic E-state index is 0.0351. The number of nitrogens with one attached hydrogen (secondary N) is 2. The second kappa shape index (κ2) is 6.90. The smallest absolute Gasteiger partial charge is 0.238 e. The number of hydrogen-bond acceptors (Lipinski definition) is 5. The van der Waals surface area contributed by atoms with Gasteiger partial charge < -0.3 is 15.1 Å². The average molecular weight is 302 g/mol. The Kier molecular flexibility index (Phi) is 5.76. The van der Waals surface area contributed by atoms with E-state index >= 15 is 0 Å². The highest BCUT2D eigenvalue weighted by molar-refractivity contribution is 7.92. The molecule has 7 heteroatoms. The van der Waals surface area contributed by atoms with Crippen LogP contribution in [0, 0.1) is 6.92 Å². The van der Waals surface area contributed by atoms with Crippen molar-refractivity contribution in [2.45, 2.75) is 32.1 Å². The highest BCUT2D eigenvalue weighted by atomic mass is 32.2. The lowest BCUT2D eigenvalue weighted by atomic mass is 10.2. The van der Waals surface area contributed by atoms with E-state index in [9.17, 15) is 13.2 Å². The van der Waals surface area contributed by atoms with Crippen molar-refractivity contribution in [1.82, 2.24) is 10.6 Å². The fourth-order valence-corrected chi connectivity index (χ4v) is 2.07. The SMILES string of the molecule is Cc1ccc(C(C)NCCNC(=O)C(C)S(C)(=O)=O)o1. The summed E-state index contributed by atoms with van der Waals surface area (Å²) in [6.45, 7) is 6.11. The molecule has 0 saturated heterocycles. The van der Waals surface area contributed by atoms with Crippen molar-refractivity contribution in [1.29, 1.82) is 0 Å². The van der Waals surface area contributed by atoms with Gasteiger partial charge in [-0.3, -0.25) is 4.79 Å². The first-order valence-corrected chi connectivity index (χ1v) is 8.43. The maximum absolute atomic E-state index is 11.6. The predicted octanol–water partition coefficient (Wildman–Crippen LogP) is 0.788. The van der Waals surface area contributed by atoms with E-state index < -0.39 is 21.0 Å². The molecular weight excluding hydrogens is 280 g/mol. The lowest BCUT2D eigenvalue weighted by Crippen LogP contribution is -2.40. The summed E-state index contributed by atoms with van der Waals surface area (Å²) in [5, 5.41) is 4.76. The molecule has 1 rings (SSSR count). The quantitative estimate of drug-likeness (QED) is 0.727. The van der Waals surface area contributed by atoms with Crippen LogP contribution in [-0.2, 0) is 14.6 Å². The van der Waals surface area contributed by atoms with Crippen LogP contribution in [0.3, 0.4) is 0 Å². The van der Waals surface area contributed by atoms with Crippen molar-refractivity contribution in [2.24, 2.45) is 0 Å². The van der Waals surface area contributed by atoms with E-state index in [0.29, 0.717) is 13.1 Å². The molecule has 2 N–H and O–H groups in total. The summed E-state index contributed by atoms with van der Waals surface area (Å²) >= 11 is 0. The molecular formula is C13H22N2O4S. The summed E-state index contributed by atoms with van der Waals surface area (Å²) in [7, 11) is -3.34. The van der Waals surface area contributed by atoms with Gasteiger partial charge >= 0.3 is 0 Å². The summed E-state index contributed by atoms with van der Waals surface area (Å²) < 4.78 is 27.9. The summed E-state index contributed by atoms with van der Waals surface area (Å²) in [4.78, 5) is 11.6. The fraction of sp³-hybridized carbons (Fsp3) is 0.615. The number of rotatable bonds is 7. The Bertz CT molecular complexity index is 550. The van der Waals surface area contributed by atoms with Crippen molar-refractivity contribution >= 4 is 15.7 Å². The maximum atomic E-state index is 11.6. The molecule has 1 aromatic heterocycles. The van der Waals surface area contributed by atoms with E-state index in [1.54, 1.807) is 0 Å². The molecule has 2 unspecified atom stereocenters. The van der Waals surface area contributed by atoms with E-state index in [4.69, 9.17) is 4.42 Å². The normalized spacial score (nSPS) is 14.8. The first kappa shape index (κ1) is 16.7. The number of aryl methyl sites for hydroxylation is 1. The standard InChI is InChI=1S/C13H22N2O4S/c1-9-5-6-12(19-9)10(2)14-7-8-15-13(16)11(3)20(4,17)18/h5-6,10-11,14H,7-8H2,1-4H3,(H,15,16). The van der Waals surface area contributed by atoms with Crippen LogP contribution in [-0.4, -0.2) is 38.9 Å². The Labute approximate surface area is 119 Å². The minimum atomic E-state index is -3.34. The Hall–Kier alpha value is -1.34. The third kappa shape index (κ3) is 4.97. The third-order valence-electron chi connectivity index (χ3n) is 3.07. The lowest BCUT2D eigenvalue weighted by molar-refractivity contribution is -0.120. The first-order chi connectivity index (χ1) is 9.21. The van der Waals surface area contributed by atoms with Crippen LogP contribution in [0.1, 0.15) is 31.4 Å². The maximum Gasteiger partial charge on any atom is 0.238 e. The first-order valence-electron chi connectivity index (χ1n) is 6.48. The van der Waals surface area contributed by atoms with Gasteiger partial charge in [-0.15, -0.1) is 0 Å². The number of sulfone groups is 1. The third-order valence-corrected chi connectivity index (χ3v) is 4.57. The Morgan fingerprint density at radius 2 is 1.95 bits per heavy atom. The van der Waals surface area contributed by atoms with Gasteiger partial charge in [0.05, 0.1) is 6.04 Å². The number of carbonyl (C=O) groups excluding carboxylic acids is 1. The second-order valence-electron chi connectivity index (χ2n) is 4.89. The monoisotopic (exact) mass is 302 g/mol. The molecule has 0 aliphatic rings. The van der Waals surface area contributed by atoms with Crippen molar-refractivity contribution in [3.8, 4) is 0 Å². The Morgan fingerprint density at radius 1 is 1.30 bits per heavy atom. The van der Waals surface area contributed by atoms with E-state index in [1.165, 1.54) is 6.92 Å². The number of furan rings is 1. The van der Waals surface area contributed by atoms with Crippen LogP contribution in [0.25, 0.3) is 0 Å². The predicted molar refractivity (Wildman–Crippen MR) is 77.2 cm³/mol. The highest BCUT2D eigenvalue weighted by Crippen LogP contribution is 2.14. The molecule has 2 atom stereocenters. The van der Waals surface area contributed by atoms with Crippen LogP contribution in [0.4, 0.5) is 0 Å². The van der Waals surface area contributed by atoms with Gasteiger partial charge in [-0.05, 0) is 32.9 Å². The van der Waals surface area contributed by atoms with Gasteiger partial charge in [-0.1, -0.05) is 0 Å². The largest absolute Gasteiger partial charge is 0.465 e. The molecule has 0 fully saturated rings. The molecule has 1 heterocycles. The van der Waals surface area contributed by atoms with Gasteiger partial charge in [0.2, 0.25) is 5.91 Å². The van der Waals surface area contributed by atoms with E-state index in [0.717, 1.165) is 17.8 Å². The van der Waals surface area contributed by atoms with Crippen molar-refractivity contribution in [3.63, 3.8) is 0 Å². The minimum Gasteiger partial charge on any atom is -0.465 e. The zero-order valence-corrected chi connectivity index (χ0v) is 13.1. The molecule has 0 saturated carbocycles. The fourth-order valence-electron chi connectivity index (χ4n) is 1.60. The summed E-state index contributed by atoms with van der Waals surface area (Å²) in [6, 6.07) is 3.83. The van der Waals surface area contributed by atoms with E-state index in [1.807, 2.05) is 26.0 Å². The topological polar surface area (TPSA) is 88.4 Å². The molecule has 0 radical (unpaired) electrons. The molecule has 6 nitrogen and oxygen atoms in total. The van der Waals surface area contributed by atoms with Gasteiger partial charge in [0.15, 0.2) is 9.84 Å². The molecule has 0 aromatic carbocycles. The number of hydrogen-bond donors (Lipinski definition) is 2. The van der Waals surface area contributed by atoms with Crippen LogP contribution in [0.15, 0.2) is 16.5 Å². The van der Waals surface area contributed by atoms with E-state index in [-0.39, 0.29) is 6.04 Å². The van der Waals surface area contributed by atoms with Crippen LogP contribution in [0.5, 0.6) is 0 Å². The molecule has 20 heavy (non-hydrogen) atoms. The zero-order chi connectivity index (χ0) is 15.3. The Balaban J connectivity index is 2.30. The summed E-state index contributed by atoms with van der Waals surface area (Å²) in [6.07, 6.45) is 1.05. The number of amides is 1. The van der Waals surface area contributed by atoms with Crippen LogP contribution < -0.4 is 10.6 Å². The van der Waals surface area contributed by atoms with Gasteiger partial charge in [0.25, 0.3) is 0 Å². The van der Waals surface area contributed by atoms with Crippen molar-refractivity contribution in [2.75, 3.05) is 19.3 Å².